The first kappa shape index (κ1) is 34.5. The van der Waals surface area contributed by atoms with Crippen LogP contribution >= 0.6 is 0 Å². The number of nitrogens with zero attached hydrogens (tertiary/aromatic N) is 3. The van der Waals surface area contributed by atoms with Crippen molar-refractivity contribution < 1.29 is 24.6 Å². The number of hydrogen-bond acceptors (Lipinski definition) is 9. The molecule has 51 heavy (non-hydrogen) atoms. The summed E-state index contributed by atoms with van der Waals surface area (Å²) >= 11 is 0. The summed E-state index contributed by atoms with van der Waals surface area (Å²) in [6.07, 6.45) is 4.76. The lowest BCUT2D eigenvalue weighted by molar-refractivity contribution is -0.140. The number of nitrogens with one attached hydrogen (secondary N) is 3. The van der Waals surface area contributed by atoms with E-state index in [4.69, 9.17) is 15.9 Å². The summed E-state index contributed by atoms with van der Waals surface area (Å²) in [5.41, 5.74) is 9.65. The first-order chi connectivity index (χ1) is 24.6. The van der Waals surface area contributed by atoms with Crippen LogP contribution in [-0.2, 0) is 22.6 Å². The van der Waals surface area contributed by atoms with E-state index in [9.17, 15) is 19.2 Å². The normalized spacial score (nSPS) is 14.3. The van der Waals surface area contributed by atoms with E-state index in [1.54, 1.807) is 23.3 Å². The minimum atomic E-state index is -1.31. The van der Waals surface area contributed by atoms with E-state index in [2.05, 4.69) is 86.0 Å². The van der Waals surface area contributed by atoms with Crippen molar-refractivity contribution in [1.82, 2.24) is 25.3 Å². The third-order valence-electron chi connectivity index (χ3n) is 9.03. The Morgan fingerprint density at radius 1 is 0.961 bits per heavy atom. The zero-order valence-electron chi connectivity index (χ0n) is 27.8. The Bertz CT molecular complexity index is 2320. The fraction of sp³-hybridized carbons (Fsp3) is 0.237. The highest BCUT2D eigenvalue weighted by molar-refractivity contribution is 6.08. The molecule has 2 atom stereocenters. The molecule has 1 amide bonds. The molecule has 2 unspecified atom stereocenters. The molecule has 0 bridgehead atoms. The zero-order valence-corrected chi connectivity index (χ0v) is 27.8. The zero-order chi connectivity index (χ0) is 36.1. The van der Waals surface area contributed by atoms with Crippen LogP contribution in [0.1, 0.15) is 65.7 Å². The lowest BCUT2D eigenvalue weighted by Crippen LogP contribution is -2.41. The molecule has 7 rings (SSSR count). The highest BCUT2D eigenvalue weighted by Crippen LogP contribution is 2.37. The molecule has 6 aromatic rings. The molecule has 13 nitrogen and oxygen atoms in total. The van der Waals surface area contributed by atoms with Crippen LogP contribution < -0.4 is 21.9 Å². The molecule has 7 N–H and O–H groups in total. The maximum Gasteiger partial charge on any atom is 0.326 e. The van der Waals surface area contributed by atoms with E-state index < -0.39 is 29.4 Å². The average molecular weight is 688 g/mol. The van der Waals surface area contributed by atoms with Gasteiger partial charge in [0.15, 0.2) is 11.2 Å². The number of carbonyl (C=O) groups excluding carboxylic acids is 1. The Balaban J connectivity index is 0.000000198. The van der Waals surface area contributed by atoms with Crippen molar-refractivity contribution in [2.75, 3.05) is 11.1 Å². The molecule has 1 aliphatic rings. The molecule has 0 spiro atoms. The van der Waals surface area contributed by atoms with E-state index in [1.807, 2.05) is 0 Å². The molecule has 1 aliphatic carbocycles. The monoisotopic (exact) mass is 687 g/mol. The lowest BCUT2D eigenvalue weighted by atomic mass is 9.81. The van der Waals surface area contributed by atoms with E-state index in [1.165, 1.54) is 59.1 Å². The van der Waals surface area contributed by atoms with Crippen LogP contribution in [0.25, 0.3) is 32.7 Å². The van der Waals surface area contributed by atoms with Gasteiger partial charge in [-0.1, -0.05) is 55.5 Å². The van der Waals surface area contributed by atoms with Crippen LogP contribution in [-0.4, -0.2) is 54.0 Å². The van der Waals surface area contributed by atoms with Gasteiger partial charge >= 0.3 is 11.9 Å². The minimum Gasteiger partial charge on any atom is -0.481 e. The van der Waals surface area contributed by atoms with Gasteiger partial charge in [0.05, 0.1) is 18.4 Å². The van der Waals surface area contributed by atoms with Gasteiger partial charge in [-0.05, 0) is 88.5 Å². The number of amides is 1. The number of anilines is 2. The van der Waals surface area contributed by atoms with Gasteiger partial charge in [0, 0.05) is 17.7 Å². The van der Waals surface area contributed by atoms with Crippen LogP contribution in [0.15, 0.2) is 83.8 Å². The smallest absolute Gasteiger partial charge is 0.326 e. The van der Waals surface area contributed by atoms with Gasteiger partial charge in [-0.25, -0.2) is 14.8 Å². The predicted octanol–water partition coefficient (Wildman–Crippen LogP) is 5.39. The number of fused-ring (bicyclic) bond motifs is 6. The Morgan fingerprint density at radius 3 is 2.49 bits per heavy atom. The van der Waals surface area contributed by atoms with E-state index >= 15 is 0 Å². The average Bonchev–Trinajstić information content (AvgIpc) is 3.12. The fourth-order valence-corrected chi connectivity index (χ4v) is 6.40. The summed E-state index contributed by atoms with van der Waals surface area (Å²) in [5.74, 6) is -2.43. The van der Waals surface area contributed by atoms with E-state index in [-0.39, 0.29) is 42.1 Å². The summed E-state index contributed by atoms with van der Waals surface area (Å²) in [4.78, 5) is 60.6. The topological polar surface area (TPSA) is 213 Å². The van der Waals surface area contributed by atoms with Crippen LogP contribution in [0, 0.1) is 0 Å². The number of benzene rings is 4. The fourth-order valence-electron chi connectivity index (χ4n) is 6.40. The number of nitrogens with two attached hydrogens (primary N) is 1. The maximum absolute atomic E-state index is 12.3. The van der Waals surface area contributed by atoms with Crippen LogP contribution in [0.5, 0.6) is 0 Å². The summed E-state index contributed by atoms with van der Waals surface area (Å²) < 4.78 is 0. The number of carbonyl (C=O) groups is 3. The summed E-state index contributed by atoms with van der Waals surface area (Å²) in [6, 6.07) is 22.9. The van der Waals surface area contributed by atoms with Crippen molar-refractivity contribution in [2.45, 2.75) is 57.5 Å². The molecule has 260 valence electrons. The first-order valence-electron chi connectivity index (χ1n) is 16.6. The number of carboxylic acid groups (broad SMARTS) is 2. The van der Waals surface area contributed by atoms with Gasteiger partial charge in [-0.15, -0.1) is 0 Å². The van der Waals surface area contributed by atoms with E-state index in [0.717, 1.165) is 5.92 Å². The minimum absolute atomic E-state index is 0.0524. The van der Waals surface area contributed by atoms with Crippen molar-refractivity contribution in [3.8, 4) is 0 Å². The van der Waals surface area contributed by atoms with Crippen molar-refractivity contribution in [1.29, 1.82) is 0 Å². The molecule has 2 aromatic heterocycles. The van der Waals surface area contributed by atoms with Gasteiger partial charge in [0.2, 0.25) is 5.95 Å². The van der Waals surface area contributed by atoms with Crippen molar-refractivity contribution >= 4 is 62.2 Å². The number of rotatable bonds is 9. The molecule has 0 aliphatic heterocycles. The Hall–Kier alpha value is -6.37. The van der Waals surface area contributed by atoms with Crippen LogP contribution in [0.3, 0.4) is 0 Å². The Kier molecular flexibility index (Phi) is 10.2. The number of aryl methyl sites for hydroxylation is 1. The molecule has 4 aromatic carbocycles. The molecule has 2 heterocycles. The predicted molar refractivity (Wildman–Crippen MR) is 195 cm³/mol. The van der Waals surface area contributed by atoms with Crippen LogP contribution in [0.4, 0.5) is 11.6 Å². The van der Waals surface area contributed by atoms with Crippen molar-refractivity contribution in [2.24, 2.45) is 0 Å². The molecule has 0 radical (unpaired) electrons. The maximum atomic E-state index is 12.3. The van der Waals surface area contributed by atoms with E-state index in [0.29, 0.717) is 11.4 Å². The second-order valence-corrected chi connectivity index (χ2v) is 12.5. The van der Waals surface area contributed by atoms with Gasteiger partial charge in [0.1, 0.15) is 6.04 Å². The number of carboxylic acids is 2. The summed E-state index contributed by atoms with van der Waals surface area (Å²) in [5, 5.41) is 28.8. The Labute approximate surface area is 292 Å². The standard InChI is InChI=1S/C19H19N7O6.C19H18/c20-19-25-15-14(17(30)26-19)23-11(8-22-15)7-21-10-3-1-9(2-4-10)16(29)24-12(18(31)32)5-6-13(27)28;1-13-5-4-8-17-15(13)11-12-18-16-7-3-2-6-14(16)9-10-19(17)18/h1-4,8,12,21H,5-7H2,(H,24,29)(H,27,28)(H,31,32)(H3,20,22,25,26,30);2-3,6-7,9-13H,4-5,8H2,1H3. The van der Waals surface area contributed by atoms with Gasteiger partial charge < -0.3 is 26.6 Å². The van der Waals surface area contributed by atoms with Crippen molar-refractivity contribution in [3.63, 3.8) is 0 Å². The first-order valence-corrected chi connectivity index (χ1v) is 16.6. The number of aromatic nitrogens is 4. The third-order valence-corrected chi connectivity index (χ3v) is 9.03. The highest BCUT2D eigenvalue weighted by atomic mass is 16.4. The number of hydrogen-bond donors (Lipinski definition) is 6. The van der Waals surface area contributed by atoms with Gasteiger partial charge in [-0.2, -0.15) is 4.98 Å². The largest absolute Gasteiger partial charge is 0.481 e. The molecular formula is C38H37N7O6. The second-order valence-electron chi connectivity index (χ2n) is 12.5. The molecular weight excluding hydrogens is 650 g/mol. The number of aliphatic carboxylic acids is 2. The molecule has 13 heteroatoms. The van der Waals surface area contributed by atoms with Crippen LogP contribution in [0.2, 0.25) is 0 Å². The van der Waals surface area contributed by atoms with Gasteiger partial charge in [0.25, 0.3) is 11.5 Å². The third kappa shape index (κ3) is 7.93. The summed E-state index contributed by atoms with van der Waals surface area (Å²) in [6.45, 7) is 2.60. The number of aromatic amines is 1. The Morgan fingerprint density at radius 2 is 1.73 bits per heavy atom. The molecule has 0 saturated carbocycles. The lowest BCUT2D eigenvalue weighted by Gasteiger charge is -2.24. The molecule has 0 fully saturated rings. The number of nitrogen functional groups attached to an aromatic ring is 1. The van der Waals surface area contributed by atoms with Gasteiger partial charge in [-0.3, -0.25) is 19.4 Å². The second kappa shape index (κ2) is 15.0. The highest BCUT2D eigenvalue weighted by Gasteiger charge is 2.22. The summed E-state index contributed by atoms with van der Waals surface area (Å²) in [7, 11) is 0. The molecule has 0 saturated heterocycles. The SMILES string of the molecule is CC1CCCc2c1ccc1c2ccc2ccccc21.Nc1nc2ncc(CNc3ccc(C(=O)NC(CCC(=O)O)C(=O)O)cc3)nc2c(=O)[nH]1. The number of H-pyrrole nitrogens is 1. The van der Waals surface area contributed by atoms with Crippen molar-refractivity contribution in [3.05, 3.63) is 112 Å². The quantitative estimate of drug-likeness (QED) is 0.106.